The maximum absolute atomic E-state index is 13.6. The molecular formula is C28H35N3O4. The molecule has 1 aromatic heterocycles. The summed E-state index contributed by atoms with van der Waals surface area (Å²) in [4.78, 5) is 33.5. The number of hydrogen-bond donors (Lipinski definition) is 1. The lowest BCUT2D eigenvalue weighted by molar-refractivity contribution is -0.190. The molecule has 4 saturated carbocycles. The monoisotopic (exact) mass is 477 g/mol. The van der Waals surface area contributed by atoms with E-state index >= 15 is 0 Å². The van der Waals surface area contributed by atoms with E-state index in [0.29, 0.717) is 29.4 Å². The van der Waals surface area contributed by atoms with E-state index in [0.717, 1.165) is 50.5 Å². The third kappa shape index (κ3) is 3.27. The zero-order valence-corrected chi connectivity index (χ0v) is 20.5. The molecule has 0 radical (unpaired) electrons. The zero-order chi connectivity index (χ0) is 23.9. The Morgan fingerprint density at radius 2 is 1.74 bits per heavy atom. The van der Waals surface area contributed by atoms with Gasteiger partial charge in [-0.15, -0.1) is 0 Å². The molecule has 7 heteroatoms. The van der Waals surface area contributed by atoms with Crippen molar-refractivity contribution in [1.29, 1.82) is 0 Å². The average molecular weight is 478 g/mol. The molecule has 6 bridgehead atoms. The van der Waals surface area contributed by atoms with Crippen molar-refractivity contribution in [3.63, 3.8) is 0 Å². The number of rotatable bonds is 4. The van der Waals surface area contributed by atoms with Crippen molar-refractivity contribution in [1.82, 2.24) is 14.5 Å². The second kappa shape index (κ2) is 7.62. The molecule has 7 atom stereocenters. The molecule has 1 aromatic carbocycles. The second-order valence-electron chi connectivity index (χ2n) is 12.2. The number of ether oxygens (including phenoxy) is 1. The lowest BCUT2D eigenvalue weighted by Crippen LogP contribution is -2.68. The fourth-order valence-corrected chi connectivity index (χ4v) is 9.45. The van der Waals surface area contributed by atoms with Crippen LogP contribution >= 0.6 is 0 Å². The fraction of sp³-hybridized carbons (Fsp3) is 0.679. The molecule has 35 heavy (non-hydrogen) atoms. The summed E-state index contributed by atoms with van der Waals surface area (Å²) in [5.41, 5.74) is 0.693. The van der Waals surface area contributed by atoms with Gasteiger partial charge in [-0.25, -0.2) is 9.78 Å². The third-order valence-corrected chi connectivity index (χ3v) is 9.88. The summed E-state index contributed by atoms with van der Waals surface area (Å²) < 4.78 is 7.02. The van der Waals surface area contributed by atoms with Gasteiger partial charge in [0, 0.05) is 23.7 Å². The van der Waals surface area contributed by atoms with E-state index in [1.54, 1.807) is 6.92 Å². The van der Waals surface area contributed by atoms with Gasteiger partial charge in [-0.2, -0.15) is 0 Å². The van der Waals surface area contributed by atoms with E-state index in [-0.39, 0.29) is 29.4 Å². The summed E-state index contributed by atoms with van der Waals surface area (Å²) in [6, 6.07) is 8.52. The van der Waals surface area contributed by atoms with Crippen LogP contribution in [0.1, 0.15) is 87.7 Å². The van der Waals surface area contributed by atoms with E-state index in [4.69, 9.17) is 4.74 Å². The molecule has 0 amide bonds. The highest BCUT2D eigenvalue weighted by Gasteiger charge is 2.62. The highest BCUT2D eigenvalue weighted by atomic mass is 16.5. The summed E-state index contributed by atoms with van der Waals surface area (Å²) in [6.45, 7) is 1.96. The standard InChI is InChI=1S/C28H35N3O4/c1-2-35-26(33)24-25(32)30(23-6-4-3-5-22(23)29-24)21-10-19-7-8-20(11-21)31(19)27-12-17-9-18(13-27)15-28(34,14-17)16-27/h3-6,17-21,34H,2,7-16H2,1H3/t17-,18+,19-,20+,21+,27?,28-. The Balaban J connectivity index is 1.25. The molecule has 7 nitrogen and oxygen atoms in total. The zero-order valence-electron chi connectivity index (χ0n) is 20.5. The maximum atomic E-state index is 13.6. The number of fused-ring (bicyclic) bond motifs is 3. The number of esters is 1. The summed E-state index contributed by atoms with van der Waals surface area (Å²) >= 11 is 0. The average Bonchev–Trinajstić information content (AvgIpc) is 3.08. The van der Waals surface area contributed by atoms with Crippen LogP contribution in [0, 0.1) is 11.8 Å². The smallest absolute Gasteiger partial charge is 0.362 e. The second-order valence-corrected chi connectivity index (χ2v) is 12.2. The number of piperidine rings is 1. The number of aliphatic hydroxyl groups is 1. The molecule has 2 saturated heterocycles. The number of benzene rings is 1. The van der Waals surface area contributed by atoms with Gasteiger partial charge < -0.3 is 14.4 Å². The van der Waals surface area contributed by atoms with Crippen LogP contribution < -0.4 is 5.56 Å². The topological polar surface area (TPSA) is 84.7 Å². The minimum Gasteiger partial charge on any atom is -0.461 e. The first-order valence-corrected chi connectivity index (χ1v) is 13.6. The molecule has 2 aliphatic heterocycles. The predicted molar refractivity (Wildman–Crippen MR) is 131 cm³/mol. The first-order chi connectivity index (χ1) is 16.9. The van der Waals surface area contributed by atoms with Crippen LogP contribution in [0.3, 0.4) is 0 Å². The highest BCUT2D eigenvalue weighted by molar-refractivity contribution is 5.89. The quantitative estimate of drug-likeness (QED) is 0.674. The van der Waals surface area contributed by atoms with E-state index in [1.165, 1.54) is 19.3 Å². The fourth-order valence-electron chi connectivity index (χ4n) is 9.45. The molecule has 6 aliphatic rings. The number of carbonyl (C=O) groups excluding carboxylic acids is 1. The van der Waals surface area contributed by atoms with Gasteiger partial charge in [-0.05, 0) is 95.1 Å². The Hall–Kier alpha value is -2.25. The lowest BCUT2D eigenvalue weighted by atomic mass is 9.50. The van der Waals surface area contributed by atoms with Crippen LogP contribution in [0.4, 0.5) is 0 Å². The number of hydrogen-bond acceptors (Lipinski definition) is 6. The maximum Gasteiger partial charge on any atom is 0.362 e. The van der Waals surface area contributed by atoms with Gasteiger partial charge in [0.15, 0.2) is 0 Å². The summed E-state index contributed by atoms with van der Waals surface area (Å²) in [5, 5.41) is 11.4. The van der Waals surface area contributed by atoms with Gasteiger partial charge in [0.1, 0.15) is 0 Å². The normalized spacial score (nSPS) is 39.9. The summed E-state index contributed by atoms with van der Waals surface area (Å²) in [6.07, 6.45) is 10.8. The molecule has 8 rings (SSSR count). The molecular weight excluding hydrogens is 442 g/mol. The Bertz CT molecular complexity index is 1230. The van der Waals surface area contributed by atoms with Gasteiger partial charge in [-0.3, -0.25) is 9.69 Å². The Kier molecular flexibility index (Phi) is 4.79. The van der Waals surface area contributed by atoms with Crippen molar-refractivity contribution in [3.8, 4) is 0 Å². The Labute approximate surface area is 205 Å². The van der Waals surface area contributed by atoms with Crippen LogP contribution in [0.25, 0.3) is 11.0 Å². The van der Waals surface area contributed by atoms with E-state index in [1.807, 2.05) is 28.8 Å². The van der Waals surface area contributed by atoms with Crippen molar-refractivity contribution in [2.24, 2.45) is 11.8 Å². The Morgan fingerprint density at radius 1 is 1.06 bits per heavy atom. The van der Waals surface area contributed by atoms with E-state index in [9.17, 15) is 14.7 Å². The molecule has 1 N–H and O–H groups in total. The minimum atomic E-state index is -0.640. The molecule has 186 valence electrons. The first-order valence-electron chi connectivity index (χ1n) is 13.6. The van der Waals surface area contributed by atoms with E-state index in [2.05, 4.69) is 9.88 Å². The lowest BCUT2D eigenvalue weighted by Gasteiger charge is -2.65. The highest BCUT2D eigenvalue weighted by Crippen LogP contribution is 2.62. The predicted octanol–water partition coefficient (Wildman–Crippen LogP) is 3.82. The number of carbonyl (C=O) groups is 1. The Morgan fingerprint density at radius 3 is 2.40 bits per heavy atom. The first kappa shape index (κ1) is 22.0. The van der Waals surface area contributed by atoms with Crippen molar-refractivity contribution >= 4 is 17.0 Å². The molecule has 6 fully saturated rings. The largest absolute Gasteiger partial charge is 0.461 e. The van der Waals surface area contributed by atoms with E-state index < -0.39 is 11.6 Å². The van der Waals surface area contributed by atoms with Crippen molar-refractivity contribution in [3.05, 3.63) is 40.3 Å². The van der Waals surface area contributed by atoms with Crippen molar-refractivity contribution < 1.29 is 14.6 Å². The molecule has 1 unspecified atom stereocenters. The number of aromatic nitrogens is 2. The molecule has 0 spiro atoms. The van der Waals surface area contributed by atoms with Crippen LogP contribution in [-0.4, -0.2) is 55.4 Å². The van der Waals surface area contributed by atoms with Gasteiger partial charge in [-0.1, -0.05) is 12.1 Å². The van der Waals surface area contributed by atoms with Gasteiger partial charge in [0.25, 0.3) is 5.56 Å². The molecule has 3 heterocycles. The number of para-hydroxylation sites is 2. The van der Waals surface area contributed by atoms with Crippen molar-refractivity contribution in [2.75, 3.05) is 6.61 Å². The van der Waals surface area contributed by atoms with Crippen LogP contribution in [-0.2, 0) is 4.74 Å². The molecule has 2 aromatic rings. The van der Waals surface area contributed by atoms with Crippen LogP contribution in [0.15, 0.2) is 29.1 Å². The molecule has 4 aliphatic carbocycles. The third-order valence-electron chi connectivity index (χ3n) is 9.88. The van der Waals surface area contributed by atoms with Gasteiger partial charge in [0.05, 0.1) is 23.2 Å². The van der Waals surface area contributed by atoms with Crippen LogP contribution in [0.5, 0.6) is 0 Å². The van der Waals surface area contributed by atoms with Gasteiger partial charge >= 0.3 is 5.97 Å². The minimum absolute atomic E-state index is 0.0364. The number of nitrogens with zero attached hydrogens (tertiary/aromatic N) is 3. The SMILES string of the molecule is CCOC(=O)c1nc2ccccc2n([C@H]2C[C@H]3CC[C@@H](C2)N3C23C[C@H]4C[C@@H](C2)C[C@](O)(C4)C3)c1=O. The van der Waals surface area contributed by atoms with Gasteiger partial charge in [0.2, 0.25) is 5.69 Å². The van der Waals surface area contributed by atoms with Crippen LogP contribution in [0.2, 0.25) is 0 Å². The summed E-state index contributed by atoms with van der Waals surface area (Å²) in [5.74, 6) is 0.689. The summed E-state index contributed by atoms with van der Waals surface area (Å²) in [7, 11) is 0. The van der Waals surface area contributed by atoms with Crippen molar-refractivity contribution in [2.45, 2.75) is 100 Å².